The van der Waals surface area contributed by atoms with Crippen LogP contribution < -0.4 is 5.73 Å². The minimum atomic E-state index is -0.857. The molecular formula is C7H10ClIN2O2. The number of amides is 2. The average molecular weight is 317 g/mol. The van der Waals surface area contributed by atoms with Gasteiger partial charge in [0, 0.05) is 6.54 Å². The van der Waals surface area contributed by atoms with Crippen LogP contribution in [0.3, 0.4) is 0 Å². The van der Waals surface area contributed by atoms with Gasteiger partial charge in [-0.3, -0.25) is 9.59 Å². The largest absolute Gasteiger partial charge is 0.367 e. The molecule has 0 aromatic heterocycles. The maximum absolute atomic E-state index is 11.3. The van der Waals surface area contributed by atoms with Crippen LogP contribution in [0.25, 0.3) is 0 Å². The Labute approximate surface area is 94.9 Å². The Bertz CT molecular complexity index is 249. The van der Waals surface area contributed by atoms with Crippen molar-refractivity contribution in [2.45, 2.75) is 16.4 Å². The zero-order valence-corrected chi connectivity index (χ0v) is 9.84. The fraction of sp³-hybridized carbons (Fsp3) is 0.714. The third-order valence-electron chi connectivity index (χ3n) is 2.11. The molecular weight excluding hydrogens is 306 g/mol. The number of carbonyl (C=O) groups is 2. The third kappa shape index (κ3) is 1.90. The lowest BCUT2D eigenvalue weighted by atomic mass is 10.2. The first-order valence-corrected chi connectivity index (χ1v) is 5.49. The molecule has 1 aliphatic rings. The minimum Gasteiger partial charge on any atom is -0.367 e. The number of rotatable bonds is 2. The molecule has 0 saturated carbocycles. The summed E-state index contributed by atoms with van der Waals surface area (Å²) in [6.45, 7) is 0.567. The number of primary amides is 1. The van der Waals surface area contributed by atoms with Gasteiger partial charge in [0.1, 0.15) is 5.88 Å². The van der Waals surface area contributed by atoms with Crippen molar-refractivity contribution in [2.24, 2.45) is 5.73 Å². The molecule has 4 nitrogen and oxygen atoms in total. The summed E-state index contributed by atoms with van der Waals surface area (Å²) in [5.41, 5.74) is 5.23. The normalized spacial score (nSPS) is 27.7. The molecule has 1 heterocycles. The van der Waals surface area contributed by atoms with E-state index >= 15 is 0 Å². The highest BCUT2D eigenvalue weighted by atomic mass is 127. The quantitative estimate of drug-likeness (QED) is 0.457. The van der Waals surface area contributed by atoms with Crippen LogP contribution in [0.1, 0.15) is 12.8 Å². The molecule has 0 bridgehead atoms. The van der Waals surface area contributed by atoms with Crippen molar-refractivity contribution >= 4 is 46.0 Å². The molecule has 0 spiro atoms. The number of carbonyl (C=O) groups excluding carboxylic acids is 2. The number of likely N-dealkylation sites (tertiary alicyclic amines) is 1. The van der Waals surface area contributed by atoms with Crippen LogP contribution >= 0.6 is 34.2 Å². The fourth-order valence-electron chi connectivity index (χ4n) is 1.43. The SMILES string of the molecule is NC(=O)C1(I)CCCN1C(=O)CCl. The van der Waals surface area contributed by atoms with E-state index in [1.807, 2.05) is 22.6 Å². The van der Waals surface area contributed by atoms with Crippen molar-refractivity contribution in [3.05, 3.63) is 0 Å². The van der Waals surface area contributed by atoms with Gasteiger partial charge >= 0.3 is 0 Å². The van der Waals surface area contributed by atoms with Crippen LogP contribution in [-0.4, -0.2) is 32.7 Å². The molecule has 1 unspecified atom stereocenters. The standard InChI is InChI=1S/C7H10ClIN2O2/c8-4-5(12)11-3-1-2-7(11,9)6(10)13/h1-4H2,(H2,10,13). The van der Waals surface area contributed by atoms with Crippen molar-refractivity contribution in [3.63, 3.8) is 0 Å². The third-order valence-corrected chi connectivity index (χ3v) is 3.99. The van der Waals surface area contributed by atoms with Crippen molar-refractivity contribution in [1.29, 1.82) is 0 Å². The molecule has 0 aliphatic carbocycles. The summed E-state index contributed by atoms with van der Waals surface area (Å²) in [6, 6.07) is 0. The Balaban J connectivity index is 2.85. The first-order chi connectivity index (χ1) is 6.02. The topological polar surface area (TPSA) is 63.4 Å². The van der Waals surface area contributed by atoms with Crippen molar-refractivity contribution in [3.8, 4) is 0 Å². The number of alkyl halides is 2. The van der Waals surface area contributed by atoms with Gasteiger partial charge in [0.15, 0.2) is 3.55 Å². The first kappa shape index (κ1) is 11.0. The van der Waals surface area contributed by atoms with Gasteiger partial charge in [-0.1, -0.05) is 0 Å². The molecule has 0 aromatic rings. The van der Waals surface area contributed by atoms with Crippen LogP contribution in [0.15, 0.2) is 0 Å². The van der Waals surface area contributed by atoms with Gasteiger partial charge < -0.3 is 10.6 Å². The van der Waals surface area contributed by atoms with Gasteiger partial charge in [0.05, 0.1) is 0 Å². The fourth-order valence-corrected chi connectivity index (χ4v) is 2.47. The predicted octanol–water partition coefficient (Wildman–Crippen LogP) is 0.464. The van der Waals surface area contributed by atoms with Crippen molar-refractivity contribution in [2.75, 3.05) is 12.4 Å². The molecule has 1 rings (SSSR count). The number of halogens is 2. The summed E-state index contributed by atoms with van der Waals surface area (Å²) in [4.78, 5) is 23.9. The minimum absolute atomic E-state index is 0.0992. The highest BCUT2D eigenvalue weighted by Crippen LogP contribution is 2.35. The van der Waals surface area contributed by atoms with E-state index in [4.69, 9.17) is 17.3 Å². The van der Waals surface area contributed by atoms with Crippen LogP contribution in [0.2, 0.25) is 0 Å². The van der Waals surface area contributed by atoms with Crippen molar-refractivity contribution < 1.29 is 9.59 Å². The highest BCUT2D eigenvalue weighted by molar-refractivity contribution is 14.1. The molecule has 1 atom stereocenters. The smallest absolute Gasteiger partial charge is 0.253 e. The van der Waals surface area contributed by atoms with E-state index in [0.717, 1.165) is 6.42 Å². The summed E-state index contributed by atoms with van der Waals surface area (Å²) in [5.74, 6) is -0.797. The molecule has 1 fully saturated rings. The molecule has 6 heteroatoms. The Morgan fingerprint density at radius 2 is 2.23 bits per heavy atom. The zero-order chi connectivity index (χ0) is 10.1. The Hall–Kier alpha value is -0.0400. The van der Waals surface area contributed by atoms with E-state index in [1.54, 1.807) is 0 Å². The van der Waals surface area contributed by atoms with Gasteiger partial charge in [-0.25, -0.2) is 0 Å². The average Bonchev–Trinajstić information content (AvgIpc) is 2.47. The monoisotopic (exact) mass is 316 g/mol. The van der Waals surface area contributed by atoms with Gasteiger partial charge in [-0.05, 0) is 35.4 Å². The number of hydrogen-bond acceptors (Lipinski definition) is 2. The predicted molar refractivity (Wildman–Crippen MR) is 57.6 cm³/mol. The van der Waals surface area contributed by atoms with E-state index in [1.165, 1.54) is 4.90 Å². The molecule has 0 aromatic carbocycles. The second kappa shape index (κ2) is 4.00. The maximum Gasteiger partial charge on any atom is 0.253 e. The van der Waals surface area contributed by atoms with Gasteiger partial charge in [0.2, 0.25) is 5.91 Å². The second-order valence-corrected chi connectivity index (χ2v) is 4.96. The van der Waals surface area contributed by atoms with E-state index in [2.05, 4.69) is 0 Å². The van der Waals surface area contributed by atoms with Gasteiger partial charge in [-0.2, -0.15) is 0 Å². The summed E-state index contributed by atoms with van der Waals surface area (Å²) < 4.78 is -0.857. The lowest BCUT2D eigenvalue weighted by Crippen LogP contribution is -2.51. The number of nitrogens with zero attached hydrogens (tertiary/aromatic N) is 1. The molecule has 13 heavy (non-hydrogen) atoms. The van der Waals surface area contributed by atoms with E-state index in [0.29, 0.717) is 13.0 Å². The molecule has 2 N–H and O–H groups in total. The molecule has 2 amide bonds. The summed E-state index contributed by atoms with van der Waals surface area (Å²) in [5, 5.41) is 0. The van der Waals surface area contributed by atoms with E-state index in [9.17, 15) is 9.59 Å². The van der Waals surface area contributed by atoms with Crippen molar-refractivity contribution in [1.82, 2.24) is 4.90 Å². The van der Waals surface area contributed by atoms with Gasteiger partial charge in [0.25, 0.3) is 5.91 Å². The van der Waals surface area contributed by atoms with Gasteiger partial charge in [-0.15, -0.1) is 11.6 Å². The molecule has 1 saturated heterocycles. The van der Waals surface area contributed by atoms with Crippen LogP contribution in [0.4, 0.5) is 0 Å². The summed E-state index contributed by atoms with van der Waals surface area (Å²) >= 11 is 7.35. The Kier molecular flexibility index (Phi) is 3.39. The molecule has 74 valence electrons. The highest BCUT2D eigenvalue weighted by Gasteiger charge is 2.45. The maximum atomic E-state index is 11.3. The molecule has 1 aliphatic heterocycles. The second-order valence-electron chi connectivity index (χ2n) is 2.91. The molecule has 0 radical (unpaired) electrons. The summed E-state index contributed by atoms with van der Waals surface area (Å²) in [6.07, 6.45) is 1.42. The van der Waals surface area contributed by atoms with E-state index < -0.39 is 9.45 Å². The van der Waals surface area contributed by atoms with Crippen LogP contribution in [0.5, 0.6) is 0 Å². The number of hydrogen-bond donors (Lipinski definition) is 1. The summed E-state index contributed by atoms with van der Waals surface area (Å²) in [7, 11) is 0. The zero-order valence-electron chi connectivity index (χ0n) is 6.93. The van der Waals surface area contributed by atoms with Crippen LogP contribution in [0, 0.1) is 0 Å². The Morgan fingerprint density at radius 1 is 1.62 bits per heavy atom. The Morgan fingerprint density at radius 3 is 2.69 bits per heavy atom. The number of nitrogens with two attached hydrogens (primary N) is 1. The first-order valence-electron chi connectivity index (χ1n) is 3.87. The van der Waals surface area contributed by atoms with Crippen LogP contribution in [-0.2, 0) is 9.59 Å². The lowest BCUT2D eigenvalue weighted by molar-refractivity contribution is -0.136. The lowest BCUT2D eigenvalue weighted by Gasteiger charge is -2.29. The van der Waals surface area contributed by atoms with E-state index in [-0.39, 0.29) is 11.8 Å².